The Labute approximate surface area is 37.7 Å². The molecule has 0 rings (SSSR count). The minimum absolute atomic E-state index is 1.33. The summed E-state index contributed by atoms with van der Waals surface area (Å²) in [7, 11) is 1.57. The van der Waals surface area contributed by atoms with Gasteiger partial charge in [0.1, 0.15) is 0 Å². The summed E-state index contributed by atoms with van der Waals surface area (Å²) in [6.45, 7) is 0. The summed E-state index contributed by atoms with van der Waals surface area (Å²) in [5, 5.41) is 6.69. The van der Waals surface area contributed by atoms with Gasteiger partial charge >= 0.3 is 8.17 Å². The minimum Gasteiger partial charge on any atom is -0.138 e. The molecule has 0 aliphatic heterocycles. The molecule has 0 spiro atoms. The highest BCUT2D eigenvalue weighted by atomic mass is 31.1. The van der Waals surface area contributed by atoms with Crippen molar-refractivity contribution in [1.82, 2.24) is 0 Å². The quantitative estimate of drug-likeness (QED) is 0.542. The molecule has 0 atom stereocenters. The van der Waals surface area contributed by atoms with Crippen LogP contribution in [0.15, 0.2) is 0 Å². The summed E-state index contributed by atoms with van der Waals surface area (Å²) in [6, 6.07) is 0. The summed E-state index contributed by atoms with van der Waals surface area (Å²) in [5.41, 5.74) is 0. The third-order valence-corrected chi connectivity index (χ3v) is 0.995. The van der Waals surface area contributed by atoms with Gasteiger partial charge in [0.2, 0.25) is 0 Å². The number of nitrogens with one attached hydrogen (secondary N) is 1. The van der Waals surface area contributed by atoms with Gasteiger partial charge in [-0.25, -0.2) is 0 Å². The van der Waals surface area contributed by atoms with Crippen LogP contribution in [0.4, 0.5) is 0 Å². The van der Waals surface area contributed by atoms with Gasteiger partial charge < -0.3 is 0 Å². The van der Waals surface area contributed by atoms with Gasteiger partial charge in [-0.05, 0) is 0 Å². The molecule has 0 saturated heterocycles. The molecule has 0 heterocycles. The van der Waals surface area contributed by atoms with Gasteiger partial charge in [-0.15, -0.1) is 9.05 Å². The summed E-state index contributed by atoms with van der Waals surface area (Å²) in [6.07, 6.45) is 0. The molecule has 0 unspecified atom stereocenters. The van der Waals surface area contributed by atoms with E-state index in [1.807, 2.05) is 0 Å². The molecule has 0 saturated carbocycles. The van der Waals surface area contributed by atoms with E-state index in [0.29, 0.717) is 0 Å². The van der Waals surface area contributed by atoms with Crippen molar-refractivity contribution in [2.24, 2.45) is 0 Å². The summed E-state index contributed by atoms with van der Waals surface area (Å²) in [4.78, 5) is 0. The van der Waals surface area contributed by atoms with Gasteiger partial charge in [-0.1, -0.05) is 5.16 Å². The van der Waals surface area contributed by atoms with Crippen molar-refractivity contribution < 1.29 is 9.05 Å². The molecule has 0 aliphatic carbocycles. The van der Waals surface area contributed by atoms with Crippen LogP contribution in [0.5, 0.6) is 0 Å². The lowest BCUT2D eigenvalue weighted by atomic mass is 11.8. The maximum absolute atomic E-state index is 6.69. The molecule has 0 aliphatic rings. The first kappa shape index (κ1) is 6.02. The normalized spacial score (nSPS) is 8.33. The molecule has 0 aromatic rings. The van der Waals surface area contributed by atoms with Crippen molar-refractivity contribution in [3.8, 4) is 0 Å². The van der Waals surface area contributed by atoms with Gasteiger partial charge in [0.25, 0.3) is 0 Å². The standard InChI is InChI=1S/C2H7NO2P/c1-4-6(3)5-2/h3H,1-2H3/q+1. The van der Waals surface area contributed by atoms with Gasteiger partial charge in [0, 0.05) is 0 Å². The zero-order valence-electron chi connectivity index (χ0n) is 3.76. The third kappa shape index (κ3) is 2.27. The molecular formula is C2H7NO2P+. The van der Waals surface area contributed by atoms with Crippen LogP contribution in [0.1, 0.15) is 0 Å². The fourth-order valence-corrected chi connectivity index (χ4v) is 0.224. The Hall–Kier alpha value is 0.0200. The first-order valence-corrected chi connectivity index (χ1v) is 2.58. The molecule has 0 aromatic carbocycles. The van der Waals surface area contributed by atoms with Crippen LogP contribution in [0.2, 0.25) is 0 Å². The molecule has 0 bridgehead atoms. The van der Waals surface area contributed by atoms with Crippen LogP contribution in [-0.2, 0) is 9.05 Å². The van der Waals surface area contributed by atoms with Gasteiger partial charge in [0.15, 0.2) is 0 Å². The maximum Gasteiger partial charge on any atom is 0.555 e. The topological polar surface area (TPSA) is 42.3 Å². The van der Waals surface area contributed by atoms with E-state index in [2.05, 4.69) is 9.05 Å². The van der Waals surface area contributed by atoms with E-state index in [1.54, 1.807) is 0 Å². The van der Waals surface area contributed by atoms with E-state index < -0.39 is 8.17 Å². The lowest BCUT2D eigenvalue weighted by Crippen LogP contribution is -1.65. The second-order valence-electron chi connectivity index (χ2n) is 0.622. The van der Waals surface area contributed by atoms with Crippen molar-refractivity contribution in [2.75, 3.05) is 14.2 Å². The lowest BCUT2D eigenvalue weighted by molar-refractivity contribution is 0.348. The SMILES string of the molecule is CO[P+](=N)OC. The van der Waals surface area contributed by atoms with Crippen molar-refractivity contribution in [3.63, 3.8) is 0 Å². The Morgan fingerprint density at radius 1 is 1.33 bits per heavy atom. The second kappa shape index (κ2) is 3.22. The Morgan fingerprint density at radius 2 is 1.67 bits per heavy atom. The average molecular weight is 108 g/mol. The molecule has 36 valence electrons. The number of hydrogen-bond donors (Lipinski definition) is 1. The number of hydrogen-bond acceptors (Lipinski definition) is 3. The highest BCUT2D eigenvalue weighted by Gasteiger charge is 2.02. The van der Waals surface area contributed by atoms with Crippen LogP contribution < -0.4 is 0 Å². The molecule has 3 nitrogen and oxygen atoms in total. The predicted octanol–water partition coefficient (Wildman–Crippen LogP) is 1.35. The van der Waals surface area contributed by atoms with E-state index in [-0.39, 0.29) is 0 Å². The van der Waals surface area contributed by atoms with Crippen LogP contribution in [-0.4, -0.2) is 14.2 Å². The Bertz CT molecular complexity index is 49.5. The predicted molar refractivity (Wildman–Crippen MR) is 23.7 cm³/mol. The van der Waals surface area contributed by atoms with Crippen molar-refractivity contribution in [2.45, 2.75) is 0 Å². The molecule has 1 N–H and O–H groups in total. The minimum atomic E-state index is -1.33. The highest BCUT2D eigenvalue weighted by molar-refractivity contribution is 7.34. The smallest absolute Gasteiger partial charge is 0.138 e. The van der Waals surface area contributed by atoms with E-state index >= 15 is 0 Å². The maximum atomic E-state index is 6.69. The molecular weight excluding hydrogens is 101 g/mol. The second-order valence-corrected chi connectivity index (χ2v) is 1.87. The van der Waals surface area contributed by atoms with Crippen LogP contribution in [0.25, 0.3) is 0 Å². The van der Waals surface area contributed by atoms with E-state index in [1.165, 1.54) is 14.2 Å². The number of rotatable bonds is 2. The first-order valence-electron chi connectivity index (χ1n) is 1.41. The van der Waals surface area contributed by atoms with Crippen LogP contribution in [0, 0.1) is 5.16 Å². The average Bonchev–Trinajstić information content (AvgIpc) is 1.65. The van der Waals surface area contributed by atoms with E-state index in [9.17, 15) is 0 Å². The van der Waals surface area contributed by atoms with E-state index in [0.717, 1.165) is 0 Å². The van der Waals surface area contributed by atoms with Gasteiger partial charge in [0.05, 0.1) is 14.2 Å². The van der Waals surface area contributed by atoms with Gasteiger partial charge in [-0.3, -0.25) is 0 Å². The largest absolute Gasteiger partial charge is 0.555 e. The molecule has 4 heteroatoms. The molecule has 6 heavy (non-hydrogen) atoms. The van der Waals surface area contributed by atoms with Gasteiger partial charge in [-0.2, -0.15) is 0 Å². The fourth-order valence-electron chi connectivity index (χ4n) is 0.0745. The molecule has 0 aromatic heterocycles. The zero-order chi connectivity index (χ0) is 4.99. The van der Waals surface area contributed by atoms with Crippen molar-refractivity contribution in [3.05, 3.63) is 0 Å². The summed E-state index contributed by atoms with van der Waals surface area (Å²) >= 11 is 0. The third-order valence-electron chi connectivity index (χ3n) is 0.332. The Balaban J connectivity index is 2.99. The highest BCUT2D eigenvalue weighted by Crippen LogP contribution is 2.19. The van der Waals surface area contributed by atoms with Crippen LogP contribution >= 0.6 is 8.17 Å². The zero-order valence-corrected chi connectivity index (χ0v) is 4.66. The molecule has 0 amide bonds. The van der Waals surface area contributed by atoms with Crippen molar-refractivity contribution >= 4 is 8.17 Å². The van der Waals surface area contributed by atoms with E-state index in [4.69, 9.17) is 5.16 Å². The molecule has 0 radical (unpaired) electrons. The monoisotopic (exact) mass is 108 g/mol. The Kier molecular flexibility index (Phi) is 3.23. The first-order chi connectivity index (χ1) is 2.81. The lowest BCUT2D eigenvalue weighted by Gasteiger charge is -1.71. The van der Waals surface area contributed by atoms with Crippen LogP contribution in [0.3, 0.4) is 0 Å². The Morgan fingerprint density at radius 3 is 1.67 bits per heavy atom. The van der Waals surface area contributed by atoms with Crippen molar-refractivity contribution in [1.29, 1.82) is 5.16 Å². The summed E-state index contributed by atoms with van der Waals surface area (Å²) in [5.74, 6) is 0. The summed E-state index contributed by atoms with van der Waals surface area (Å²) < 4.78 is 8.82. The molecule has 0 fully saturated rings. The fraction of sp³-hybridized carbons (Fsp3) is 1.00.